The first-order valence-corrected chi connectivity index (χ1v) is 8.18. The Morgan fingerprint density at radius 3 is 2.54 bits per heavy atom. The summed E-state index contributed by atoms with van der Waals surface area (Å²) in [6.07, 6.45) is -0.689. The fourth-order valence-electron chi connectivity index (χ4n) is 2.70. The number of benzene rings is 1. The van der Waals surface area contributed by atoms with Gasteiger partial charge < -0.3 is 11.1 Å². The molecule has 0 spiro atoms. The number of anilines is 3. The fourth-order valence-corrected chi connectivity index (χ4v) is 2.70. The molecule has 0 aliphatic rings. The lowest BCUT2D eigenvalue weighted by atomic mass is 10.1. The lowest BCUT2D eigenvalue weighted by Gasteiger charge is -2.12. The molecule has 0 aliphatic heterocycles. The molecular weight excluding hydrogens is 369 g/mol. The smallest absolute Gasteiger partial charge is 0.394 e. The van der Waals surface area contributed by atoms with Crippen LogP contribution in [0.4, 0.5) is 30.5 Å². The van der Waals surface area contributed by atoms with E-state index in [0.29, 0.717) is 5.69 Å². The normalized spacial score (nSPS) is 11.5. The summed E-state index contributed by atoms with van der Waals surface area (Å²) < 4.78 is 38.0. The van der Waals surface area contributed by atoms with Crippen molar-refractivity contribution in [1.29, 1.82) is 0 Å². The first-order valence-electron chi connectivity index (χ1n) is 8.18. The average molecular weight is 382 g/mol. The number of fused-ring (bicyclic) bond motifs is 1. The lowest BCUT2D eigenvalue weighted by molar-refractivity contribution is -0.137. The molecule has 3 aromatic heterocycles. The van der Waals surface area contributed by atoms with Crippen molar-refractivity contribution in [3.8, 4) is 11.3 Å². The third-order valence-electron chi connectivity index (χ3n) is 4.10. The van der Waals surface area contributed by atoms with Gasteiger partial charge in [0.15, 0.2) is 5.82 Å². The van der Waals surface area contributed by atoms with E-state index in [9.17, 15) is 13.2 Å². The number of hydrogen-bond donors (Lipinski definition) is 2. The standard InChI is InChI=1S/C19H13F3N6/c20-19(21,22)13-5-6-15(25-9-13)28-18-16(23)17(26-10-27-18)12-4-3-11-2-1-7-24-14(11)8-12/h1-10H,23H2,(H,25,26,27,28). The zero-order chi connectivity index (χ0) is 19.7. The first-order chi connectivity index (χ1) is 13.4. The minimum absolute atomic E-state index is 0.185. The highest BCUT2D eigenvalue weighted by Gasteiger charge is 2.30. The molecule has 4 aromatic rings. The second-order valence-corrected chi connectivity index (χ2v) is 5.95. The van der Waals surface area contributed by atoms with Gasteiger partial charge >= 0.3 is 6.18 Å². The maximum Gasteiger partial charge on any atom is 0.417 e. The number of nitrogens with zero attached hydrogens (tertiary/aromatic N) is 4. The van der Waals surface area contributed by atoms with Crippen molar-refractivity contribution in [2.75, 3.05) is 11.1 Å². The number of nitrogen functional groups attached to an aromatic ring is 1. The number of nitrogens with one attached hydrogen (secondary N) is 1. The van der Waals surface area contributed by atoms with Crippen molar-refractivity contribution in [1.82, 2.24) is 19.9 Å². The van der Waals surface area contributed by atoms with Gasteiger partial charge in [-0.2, -0.15) is 13.2 Å². The first kappa shape index (κ1) is 17.7. The quantitative estimate of drug-likeness (QED) is 0.545. The summed E-state index contributed by atoms with van der Waals surface area (Å²) in [4.78, 5) is 16.4. The molecule has 1 aromatic carbocycles. The molecular formula is C19H13F3N6. The largest absolute Gasteiger partial charge is 0.417 e. The van der Waals surface area contributed by atoms with Crippen LogP contribution in [-0.2, 0) is 6.18 Å². The zero-order valence-electron chi connectivity index (χ0n) is 14.3. The van der Waals surface area contributed by atoms with Crippen molar-refractivity contribution in [3.05, 3.63) is 66.7 Å². The van der Waals surface area contributed by atoms with Crippen LogP contribution in [0.5, 0.6) is 0 Å². The Bertz CT molecular complexity index is 1140. The van der Waals surface area contributed by atoms with Gasteiger partial charge in [0.1, 0.15) is 17.8 Å². The molecule has 0 unspecified atom stereocenters. The molecule has 0 radical (unpaired) electrons. The summed E-state index contributed by atoms with van der Waals surface area (Å²) in [5, 5.41) is 3.81. The number of hydrogen-bond acceptors (Lipinski definition) is 6. The van der Waals surface area contributed by atoms with Gasteiger partial charge in [-0.25, -0.2) is 15.0 Å². The van der Waals surface area contributed by atoms with Crippen LogP contribution < -0.4 is 11.1 Å². The van der Waals surface area contributed by atoms with E-state index in [0.717, 1.165) is 28.7 Å². The molecule has 0 amide bonds. The Balaban J connectivity index is 1.66. The molecule has 3 heterocycles. The second kappa shape index (κ2) is 6.76. The summed E-state index contributed by atoms with van der Waals surface area (Å²) in [6.45, 7) is 0. The minimum atomic E-state index is -4.45. The van der Waals surface area contributed by atoms with Crippen molar-refractivity contribution < 1.29 is 13.2 Å². The topological polar surface area (TPSA) is 89.6 Å². The summed E-state index contributed by atoms with van der Waals surface area (Å²) in [5.74, 6) is 0.433. The highest BCUT2D eigenvalue weighted by Crippen LogP contribution is 2.32. The predicted octanol–water partition coefficient (Wildman–Crippen LogP) is 4.43. The van der Waals surface area contributed by atoms with Crippen LogP contribution in [-0.4, -0.2) is 19.9 Å². The Labute approximate surface area is 157 Å². The van der Waals surface area contributed by atoms with Gasteiger partial charge in [-0.15, -0.1) is 0 Å². The number of alkyl halides is 3. The van der Waals surface area contributed by atoms with Crippen molar-refractivity contribution >= 4 is 28.2 Å². The molecule has 3 N–H and O–H groups in total. The van der Waals surface area contributed by atoms with E-state index in [1.165, 1.54) is 12.4 Å². The summed E-state index contributed by atoms with van der Waals surface area (Å²) >= 11 is 0. The van der Waals surface area contributed by atoms with E-state index in [1.807, 2.05) is 30.3 Å². The highest BCUT2D eigenvalue weighted by atomic mass is 19.4. The number of halogens is 3. The van der Waals surface area contributed by atoms with Gasteiger partial charge in [-0.1, -0.05) is 18.2 Å². The molecule has 0 bridgehead atoms. The van der Waals surface area contributed by atoms with E-state index >= 15 is 0 Å². The van der Waals surface area contributed by atoms with Gasteiger partial charge in [0.05, 0.1) is 16.8 Å². The van der Waals surface area contributed by atoms with Gasteiger partial charge in [-0.3, -0.25) is 4.98 Å². The maximum absolute atomic E-state index is 12.7. The van der Waals surface area contributed by atoms with E-state index in [4.69, 9.17) is 5.73 Å². The van der Waals surface area contributed by atoms with Crippen LogP contribution in [0.25, 0.3) is 22.2 Å². The molecule has 6 nitrogen and oxygen atoms in total. The number of rotatable bonds is 3. The van der Waals surface area contributed by atoms with Gasteiger partial charge in [-0.05, 0) is 24.3 Å². The third kappa shape index (κ3) is 3.41. The van der Waals surface area contributed by atoms with E-state index in [1.54, 1.807) is 6.20 Å². The lowest BCUT2D eigenvalue weighted by Crippen LogP contribution is -2.07. The Morgan fingerprint density at radius 2 is 1.79 bits per heavy atom. The SMILES string of the molecule is Nc1c(Nc2ccc(C(F)(F)F)cn2)ncnc1-c1ccc2cccnc2c1. The zero-order valence-corrected chi connectivity index (χ0v) is 14.3. The number of aromatic nitrogens is 4. The van der Waals surface area contributed by atoms with Crippen molar-refractivity contribution in [3.63, 3.8) is 0 Å². The fraction of sp³-hybridized carbons (Fsp3) is 0.0526. The Kier molecular flexibility index (Phi) is 4.26. The van der Waals surface area contributed by atoms with E-state index in [-0.39, 0.29) is 17.3 Å². The summed E-state index contributed by atoms with van der Waals surface area (Å²) in [6, 6.07) is 11.6. The molecule has 140 valence electrons. The summed E-state index contributed by atoms with van der Waals surface area (Å²) in [5.41, 5.74) is 7.62. The molecule has 0 saturated carbocycles. The van der Waals surface area contributed by atoms with Gasteiger partial charge in [0, 0.05) is 23.3 Å². The molecule has 28 heavy (non-hydrogen) atoms. The second-order valence-electron chi connectivity index (χ2n) is 5.95. The minimum Gasteiger partial charge on any atom is -0.394 e. The summed E-state index contributed by atoms with van der Waals surface area (Å²) in [7, 11) is 0. The molecule has 9 heteroatoms. The van der Waals surface area contributed by atoms with E-state index < -0.39 is 11.7 Å². The predicted molar refractivity (Wildman–Crippen MR) is 99.7 cm³/mol. The number of nitrogens with two attached hydrogens (primary N) is 1. The molecule has 0 atom stereocenters. The monoisotopic (exact) mass is 382 g/mol. The van der Waals surface area contributed by atoms with Crippen LogP contribution in [0.3, 0.4) is 0 Å². The van der Waals surface area contributed by atoms with Crippen LogP contribution >= 0.6 is 0 Å². The third-order valence-corrected chi connectivity index (χ3v) is 4.10. The molecule has 0 fully saturated rings. The molecule has 0 aliphatic carbocycles. The van der Waals surface area contributed by atoms with Gasteiger partial charge in [0.25, 0.3) is 0 Å². The van der Waals surface area contributed by atoms with E-state index in [2.05, 4.69) is 25.3 Å². The van der Waals surface area contributed by atoms with Crippen LogP contribution in [0.15, 0.2) is 61.2 Å². The van der Waals surface area contributed by atoms with Crippen LogP contribution in [0, 0.1) is 0 Å². The number of pyridine rings is 2. The molecule has 4 rings (SSSR count). The van der Waals surface area contributed by atoms with Crippen LogP contribution in [0.2, 0.25) is 0 Å². The Hall–Kier alpha value is -3.75. The van der Waals surface area contributed by atoms with Crippen LogP contribution in [0.1, 0.15) is 5.56 Å². The molecule has 0 saturated heterocycles. The maximum atomic E-state index is 12.7. The highest BCUT2D eigenvalue weighted by molar-refractivity contribution is 5.88. The van der Waals surface area contributed by atoms with Gasteiger partial charge in [0.2, 0.25) is 0 Å². The average Bonchev–Trinajstić information content (AvgIpc) is 2.69. The Morgan fingerprint density at radius 1 is 0.929 bits per heavy atom. The van der Waals surface area contributed by atoms with Crippen molar-refractivity contribution in [2.45, 2.75) is 6.18 Å². The van der Waals surface area contributed by atoms with Crippen molar-refractivity contribution in [2.24, 2.45) is 0 Å².